The predicted octanol–water partition coefficient (Wildman–Crippen LogP) is 4.65. The van der Waals surface area contributed by atoms with Gasteiger partial charge in [-0.3, -0.25) is 19.6 Å². The lowest BCUT2D eigenvalue weighted by Gasteiger charge is -2.32. The highest BCUT2D eigenvalue weighted by Gasteiger charge is 2.18. The number of pyridine rings is 1. The van der Waals surface area contributed by atoms with Crippen molar-refractivity contribution in [2.24, 2.45) is 0 Å². The number of carbonyl (C=O) groups excluding carboxylic acids is 1. The van der Waals surface area contributed by atoms with Gasteiger partial charge >= 0.3 is 0 Å². The molecule has 1 aliphatic rings. The maximum Gasteiger partial charge on any atom is 0.255 e. The van der Waals surface area contributed by atoms with E-state index in [2.05, 4.69) is 37.1 Å². The predicted molar refractivity (Wildman–Crippen MR) is 146 cm³/mol. The van der Waals surface area contributed by atoms with Crippen LogP contribution in [0.15, 0.2) is 85.5 Å². The highest BCUT2D eigenvalue weighted by atomic mass is 16.1. The first-order valence-corrected chi connectivity index (χ1v) is 12.5. The van der Waals surface area contributed by atoms with E-state index in [1.165, 1.54) is 5.56 Å². The van der Waals surface area contributed by atoms with E-state index in [0.717, 1.165) is 55.3 Å². The number of hydrogen-bond acceptors (Lipinski definition) is 7. The first-order valence-electron chi connectivity index (χ1n) is 12.5. The molecule has 2 aromatic carbocycles. The molecular formula is C29H31N7O. The maximum atomic E-state index is 13.0. The Kier molecular flexibility index (Phi) is 7.49. The van der Waals surface area contributed by atoms with Crippen molar-refractivity contribution in [3.63, 3.8) is 0 Å². The first kappa shape index (κ1) is 24.5. The second kappa shape index (κ2) is 11.3. The Morgan fingerprint density at radius 2 is 1.62 bits per heavy atom. The molecule has 1 fully saturated rings. The Morgan fingerprint density at radius 3 is 2.30 bits per heavy atom. The van der Waals surface area contributed by atoms with Crippen LogP contribution in [-0.2, 0) is 6.54 Å². The lowest BCUT2D eigenvalue weighted by Crippen LogP contribution is -2.43. The van der Waals surface area contributed by atoms with Crippen molar-refractivity contribution in [1.29, 1.82) is 0 Å². The summed E-state index contributed by atoms with van der Waals surface area (Å²) < 4.78 is 0. The number of carbonyl (C=O) groups is 1. The van der Waals surface area contributed by atoms with Crippen molar-refractivity contribution in [1.82, 2.24) is 24.8 Å². The number of piperazine rings is 1. The molecule has 0 atom stereocenters. The van der Waals surface area contributed by atoms with E-state index in [-0.39, 0.29) is 5.91 Å². The highest BCUT2D eigenvalue weighted by molar-refractivity contribution is 6.04. The fourth-order valence-electron chi connectivity index (χ4n) is 4.48. The molecule has 0 unspecified atom stereocenters. The molecule has 1 N–H and O–H groups in total. The van der Waals surface area contributed by atoms with E-state index in [1.807, 2.05) is 66.4 Å². The zero-order valence-electron chi connectivity index (χ0n) is 21.2. The molecule has 1 aliphatic heterocycles. The van der Waals surface area contributed by atoms with Gasteiger partial charge in [-0.1, -0.05) is 12.1 Å². The topological polar surface area (TPSA) is 77.5 Å². The fraction of sp³-hybridized carbons (Fsp3) is 0.241. The van der Waals surface area contributed by atoms with Gasteiger partial charge in [-0.2, -0.15) is 0 Å². The van der Waals surface area contributed by atoms with Gasteiger partial charge in [-0.25, -0.2) is 9.97 Å². The van der Waals surface area contributed by atoms with E-state index >= 15 is 0 Å². The van der Waals surface area contributed by atoms with Crippen molar-refractivity contribution < 1.29 is 4.79 Å². The molecule has 8 nitrogen and oxygen atoms in total. The smallest absolute Gasteiger partial charge is 0.255 e. The van der Waals surface area contributed by atoms with E-state index in [9.17, 15) is 4.79 Å². The van der Waals surface area contributed by atoms with Gasteiger partial charge in [0.15, 0.2) is 0 Å². The summed E-state index contributed by atoms with van der Waals surface area (Å²) in [4.78, 5) is 32.8. The largest absolute Gasteiger partial charge is 0.322 e. The number of aromatic nitrogens is 3. The van der Waals surface area contributed by atoms with Gasteiger partial charge in [-0.05, 0) is 73.6 Å². The summed E-state index contributed by atoms with van der Waals surface area (Å²) in [6.45, 7) is 7.26. The fourth-order valence-corrected chi connectivity index (χ4v) is 4.48. The number of anilines is 4. The molecule has 37 heavy (non-hydrogen) atoms. The lowest BCUT2D eigenvalue weighted by atomic mass is 10.1. The van der Waals surface area contributed by atoms with Gasteiger partial charge in [0, 0.05) is 68.8 Å². The van der Waals surface area contributed by atoms with Crippen molar-refractivity contribution in [2.45, 2.75) is 13.5 Å². The number of likely N-dealkylation sites (N-methyl/N-ethyl adjacent to an activating group) is 1. The Balaban J connectivity index is 1.29. The lowest BCUT2D eigenvalue weighted by molar-refractivity contribution is 0.102. The van der Waals surface area contributed by atoms with E-state index in [0.29, 0.717) is 11.5 Å². The first-order chi connectivity index (χ1) is 18.1. The Labute approximate surface area is 217 Å². The van der Waals surface area contributed by atoms with Crippen molar-refractivity contribution in [3.8, 4) is 0 Å². The Bertz CT molecular complexity index is 1280. The summed E-state index contributed by atoms with van der Waals surface area (Å²) in [5.41, 5.74) is 5.39. The standard InChI is InChI=1S/C29H31N7O/c1-22-20-25(8-9-27(22)36(26-10-14-30-15-11-26)29-31-12-3-13-32-29)33-28(37)24-6-4-23(5-7-24)21-35-18-16-34(2)17-19-35/h3-15,20H,16-19,21H2,1-2H3,(H,33,37). The van der Waals surface area contributed by atoms with Crippen LogP contribution < -0.4 is 10.2 Å². The molecule has 0 saturated carbocycles. The van der Waals surface area contributed by atoms with Crippen LogP contribution in [0, 0.1) is 6.92 Å². The molecule has 0 bridgehead atoms. The summed E-state index contributed by atoms with van der Waals surface area (Å²) in [6, 6.07) is 19.4. The molecule has 1 amide bonds. The number of benzene rings is 2. The van der Waals surface area contributed by atoms with Gasteiger partial charge in [0.1, 0.15) is 0 Å². The number of amides is 1. The van der Waals surface area contributed by atoms with Crippen LogP contribution in [0.4, 0.5) is 23.0 Å². The van der Waals surface area contributed by atoms with Gasteiger partial charge in [0.2, 0.25) is 5.95 Å². The third-order valence-electron chi connectivity index (χ3n) is 6.59. The van der Waals surface area contributed by atoms with Crippen molar-refractivity contribution >= 4 is 28.9 Å². The van der Waals surface area contributed by atoms with Gasteiger partial charge < -0.3 is 10.2 Å². The Morgan fingerprint density at radius 1 is 0.919 bits per heavy atom. The molecule has 0 spiro atoms. The summed E-state index contributed by atoms with van der Waals surface area (Å²) in [7, 11) is 2.16. The second-order valence-corrected chi connectivity index (χ2v) is 9.32. The number of nitrogens with zero attached hydrogens (tertiary/aromatic N) is 6. The Hall–Kier alpha value is -4.14. The average Bonchev–Trinajstić information content (AvgIpc) is 2.93. The third-order valence-corrected chi connectivity index (χ3v) is 6.59. The van der Waals surface area contributed by atoms with E-state index in [1.54, 1.807) is 30.9 Å². The molecule has 5 rings (SSSR count). The van der Waals surface area contributed by atoms with Gasteiger partial charge in [0.25, 0.3) is 5.91 Å². The molecule has 4 aromatic rings. The third kappa shape index (κ3) is 5.99. The van der Waals surface area contributed by atoms with E-state index < -0.39 is 0 Å². The maximum absolute atomic E-state index is 13.0. The molecule has 0 radical (unpaired) electrons. The van der Waals surface area contributed by atoms with Crippen LogP contribution in [0.3, 0.4) is 0 Å². The minimum Gasteiger partial charge on any atom is -0.322 e. The number of nitrogens with one attached hydrogen (secondary N) is 1. The minimum atomic E-state index is -0.129. The summed E-state index contributed by atoms with van der Waals surface area (Å²) in [5.74, 6) is 0.431. The van der Waals surface area contributed by atoms with E-state index in [4.69, 9.17) is 0 Å². The van der Waals surface area contributed by atoms with Gasteiger partial charge in [0.05, 0.1) is 11.4 Å². The molecule has 2 aromatic heterocycles. The number of rotatable bonds is 7. The summed E-state index contributed by atoms with van der Waals surface area (Å²) in [6.07, 6.45) is 6.92. The summed E-state index contributed by atoms with van der Waals surface area (Å²) >= 11 is 0. The van der Waals surface area contributed by atoms with Crippen molar-refractivity contribution in [2.75, 3.05) is 43.4 Å². The average molecular weight is 494 g/mol. The molecular weight excluding hydrogens is 462 g/mol. The van der Waals surface area contributed by atoms with Crippen LogP contribution in [0.2, 0.25) is 0 Å². The zero-order chi connectivity index (χ0) is 25.6. The summed E-state index contributed by atoms with van der Waals surface area (Å²) in [5, 5.41) is 3.04. The van der Waals surface area contributed by atoms with Crippen molar-refractivity contribution in [3.05, 3.63) is 102 Å². The number of hydrogen-bond donors (Lipinski definition) is 1. The molecule has 3 heterocycles. The molecule has 1 saturated heterocycles. The van der Waals surface area contributed by atoms with Crippen LogP contribution >= 0.6 is 0 Å². The van der Waals surface area contributed by atoms with Gasteiger partial charge in [-0.15, -0.1) is 0 Å². The van der Waals surface area contributed by atoms with Crippen LogP contribution in [-0.4, -0.2) is 63.9 Å². The molecule has 8 heteroatoms. The minimum absolute atomic E-state index is 0.129. The molecule has 188 valence electrons. The molecule has 0 aliphatic carbocycles. The number of aryl methyl sites for hydroxylation is 1. The van der Waals surface area contributed by atoms with Crippen LogP contribution in [0.25, 0.3) is 0 Å². The second-order valence-electron chi connectivity index (χ2n) is 9.32. The van der Waals surface area contributed by atoms with Crippen LogP contribution in [0.5, 0.6) is 0 Å². The quantitative estimate of drug-likeness (QED) is 0.402. The monoisotopic (exact) mass is 493 g/mol. The normalized spacial score (nSPS) is 14.3. The zero-order valence-corrected chi connectivity index (χ0v) is 21.2. The SMILES string of the molecule is Cc1cc(NC(=O)c2ccc(CN3CCN(C)CC3)cc2)ccc1N(c1ccncc1)c1ncccn1. The van der Waals surface area contributed by atoms with Crippen LogP contribution in [0.1, 0.15) is 21.5 Å². The highest BCUT2D eigenvalue weighted by Crippen LogP contribution is 2.34.